The lowest BCUT2D eigenvalue weighted by Gasteiger charge is -2.39. The molecule has 0 aliphatic heterocycles. The van der Waals surface area contributed by atoms with Gasteiger partial charge in [-0.3, -0.25) is 0 Å². The topological polar surface area (TPSA) is 12.0 Å². The van der Waals surface area contributed by atoms with Crippen LogP contribution in [-0.2, 0) is 19.3 Å². The van der Waals surface area contributed by atoms with Gasteiger partial charge in [0.15, 0.2) is 0 Å². The largest absolute Gasteiger partial charge is 0.312 e. The highest BCUT2D eigenvalue weighted by molar-refractivity contribution is 5.35. The van der Waals surface area contributed by atoms with Gasteiger partial charge in [0.1, 0.15) is 0 Å². The van der Waals surface area contributed by atoms with E-state index in [1.165, 1.54) is 45.1 Å². The first-order valence-electron chi connectivity index (χ1n) is 8.37. The van der Waals surface area contributed by atoms with E-state index in [9.17, 15) is 0 Å². The highest BCUT2D eigenvalue weighted by atomic mass is 14.9. The van der Waals surface area contributed by atoms with Crippen molar-refractivity contribution < 1.29 is 0 Å². The van der Waals surface area contributed by atoms with Crippen molar-refractivity contribution in [3.05, 3.63) is 34.9 Å². The molecule has 2 unspecified atom stereocenters. The maximum absolute atomic E-state index is 3.68. The molecule has 2 aliphatic carbocycles. The van der Waals surface area contributed by atoms with Crippen LogP contribution in [0.1, 0.15) is 56.7 Å². The molecule has 0 radical (unpaired) electrons. The van der Waals surface area contributed by atoms with Gasteiger partial charge in [-0.1, -0.05) is 18.2 Å². The van der Waals surface area contributed by atoms with Crippen molar-refractivity contribution in [2.75, 3.05) is 6.54 Å². The van der Waals surface area contributed by atoms with Crippen LogP contribution in [0.3, 0.4) is 0 Å². The average Bonchev–Trinajstić information content (AvgIpc) is 2.80. The first-order chi connectivity index (χ1) is 9.51. The van der Waals surface area contributed by atoms with E-state index >= 15 is 0 Å². The monoisotopic (exact) mass is 271 g/mol. The minimum atomic E-state index is 0.258. The molecule has 20 heavy (non-hydrogen) atoms. The third-order valence-electron chi connectivity index (χ3n) is 5.13. The molecule has 110 valence electrons. The van der Waals surface area contributed by atoms with E-state index in [1.807, 2.05) is 0 Å². The maximum Gasteiger partial charge on any atom is 0.00966 e. The molecule has 0 aromatic heterocycles. The normalized spacial score (nSPS) is 25.4. The Labute approximate surface area is 124 Å². The molecule has 1 N–H and O–H groups in total. The summed E-state index contributed by atoms with van der Waals surface area (Å²) in [7, 11) is 0. The Morgan fingerprint density at radius 1 is 1.05 bits per heavy atom. The molecule has 2 atom stereocenters. The number of hydrogen-bond donors (Lipinski definition) is 1. The Morgan fingerprint density at radius 3 is 2.50 bits per heavy atom. The fourth-order valence-electron chi connectivity index (χ4n) is 3.67. The fraction of sp³-hybridized carbons (Fsp3) is 0.684. The van der Waals surface area contributed by atoms with Gasteiger partial charge < -0.3 is 5.32 Å². The van der Waals surface area contributed by atoms with Crippen molar-refractivity contribution in [2.24, 2.45) is 11.8 Å². The van der Waals surface area contributed by atoms with Gasteiger partial charge in [-0.25, -0.2) is 0 Å². The molecule has 1 heteroatoms. The fourth-order valence-corrected chi connectivity index (χ4v) is 3.67. The predicted molar refractivity (Wildman–Crippen MR) is 86.1 cm³/mol. The second-order valence-electron chi connectivity index (χ2n) is 7.89. The molecular weight excluding hydrogens is 242 g/mol. The molecule has 3 rings (SSSR count). The van der Waals surface area contributed by atoms with E-state index in [0.717, 1.165) is 11.8 Å². The molecule has 1 fully saturated rings. The standard InChI is InChI=1S/C19H29N/c1-19(2,3)20-13-18-10-9-17(18)12-14-7-8-15-5-4-6-16(15)11-14/h7-8,11,17-18,20H,4-6,9-10,12-13H2,1-3H3. The molecule has 0 saturated heterocycles. The predicted octanol–water partition coefficient (Wildman–Crippen LogP) is 4.13. The van der Waals surface area contributed by atoms with Crippen LogP contribution in [0.4, 0.5) is 0 Å². The summed E-state index contributed by atoms with van der Waals surface area (Å²) in [6.07, 6.45) is 8.11. The van der Waals surface area contributed by atoms with Crippen LogP contribution in [0.25, 0.3) is 0 Å². The maximum atomic E-state index is 3.68. The second kappa shape index (κ2) is 5.52. The third kappa shape index (κ3) is 3.25. The summed E-state index contributed by atoms with van der Waals surface area (Å²) in [5.74, 6) is 1.80. The van der Waals surface area contributed by atoms with Crippen molar-refractivity contribution >= 4 is 0 Å². The summed E-state index contributed by atoms with van der Waals surface area (Å²) in [5.41, 5.74) is 5.07. The van der Waals surface area contributed by atoms with Crippen LogP contribution in [0, 0.1) is 11.8 Å². The third-order valence-corrected chi connectivity index (χ3v) is 5.13. The van der Waals surface area contributed by atoms with Crippen molar-refractivity contribution in [2.45, 2.75) is 64.8 Å². The van der Waals surface area contributed by atoms with E-state index in [2.05, 4.69) is 44.3 Å². The van der Waals surface area contributed by atoms with E-state index in [-0.39, 0.29) is 5.54 Å². The van der Waals surface area contributed by atoms with Crippen LogP contribution in [0.2, 0.25) is 0 Å². The molecule has 0 heterocycles. The lowest BCUT2D eigenvalue weighted by Crippen LogP contribution is -2.44. The molecular formula is C19H29N. The first-order valence-corrected chi connectivity index (χ1v) is 8.37. The zero-order valence-corrected chi connectivity index (χ0v) is 13.3. The van der Waals surface area contributed by atoms with Gasteiger partial charge in [0.2, 0.25) is 0 Å². The summed E-state index contributed by atoms with van der Waals surface area (Å²) in [4.78, 5) is 0. The lowest BCUT2D eigenvalue weighted by molar-refractivity contribution is 0.159. The molecule has 1 aromatic carbocycles. The Hall–Kier alpha value is -0.820. The highest BCUT2D eigenvalue weighted by Gasteiger charge is 2.31. The quantitative estimate of drug-likeness (QED) is 0.868. The number of nitrogens with one attached hydrogen (secondary N) is 1. The molecule has 0 spiro atoms. The van der Waals surface area contributed by atoms with E-state index in [4.69, 9.17) is 0 Å². The summed E-state index contributed by atoms with van der Waals surface area (Å²) in [5, 5.41) is 3.68. The number of benzene rings is 1. The lowest BCUT2D eigenvalue weighted by atomic mass is 9.70. The summed E-state index contributed by atoms with van der Waals surface area (Å²) < 4.78 is 0. The molecule has 1 saturated carbocycles. The van der Waals surface area contributed by atoms with Crippen LogP contribution in [0.5, 0.6) is 0 Å². The van der Waals surface area contributed by atoms with Crippen LogP contribution < -0.4 is 5.32 Å². The van der Waals surface area contributed by atoms with Gasteiger partial charge in [0.05, 0.1) is 0 Å². The molecule has 0 bridgehead atoms. The van der Waals surface area contributed by atoms with E-state index in [0.29, 0.717) is 0 Å². The number of hydrogen-bond acceptors (Lipinski definition) is 1. The summed E-state index contributed by atoms with van der Waals surface area (Å²) in [6, 6.07) is 7.27. The average molecular weight is 271 g/mol. The van der Waals surface area contributed by atoms with Gasteiger partial charge >= 0.3 is 0 Å². The highest BCUT2D eigenvalue weighted by Crippen LogP contribution is 2.37. The summed E-state index contributed by atoms with van der Waals surface area (Å²) >= 11 is 0. The number of fused-ring (bicyclic) bond motifs is 1. The Bertz CT molecular complexity index is 469. The SMILES string of the molecule is CC(C)(C)NCC1CCC1Cc1ccc2c(c1)CCC2. The molecule has 1 aromatic rings. The Morgan fingerprint density at radius 2 is 1.80 bits per heavy atom. The number of rotatable bonds is 4. The first kappa shape index (κ1) is 14.1. The molecule has 2 aliphatic rings. The van der Waals surface area contributed by atoms with E-state index in [1.54, 1.807) is 16.7 Å². The minimum Gasteiger partial charge on any atom is -0.312 e. The zero-order valence-electron chi connectivity index (χ0n) is 13.3. The molecule has 0 amide bonds. The van der Waals surface area contributed by atoms with Crippen LogP contribution in [0.15, 0.2) is 18.2 Å². The molecule has 1 nitrogen and oxygen atoms in total. The van der Waals surface area contributed by atoms with Gasteiger partial charge in [0, 0.05) is 5.54 Å². The summed E-state index contributed by atoms with van der Waals surface area (Å²) in [6.45, 7) is 7.99. The van der Waals surface area contributed by atoms with Gasteiger partial charge in [-0.2, -0.15) is 0 Å². The van der Waals surface area contributed by atoms with Crippen molar-refractivity contribution in [3.63, 3.8) is 0 Å². The van der Waals surface area contributed by atoms with Gasteiger partial charge in [-0.15, -0.1) is 0 Å². The van der Waals surface area contributed by atoms with Crippen molar-refractivity contribution in [1.82, 2.24) is 5.32 Å². The van der Waals surface area contributed by atoms with Crippen LogP contribution >= 0.6 is 0 Å². The zero-order chi connectivity index (χ0) is 14.2. The van der Waals surface area contributed by atoms with Crippen molar-refractivity contribution in [1.29, 1.82) is 0 Å². The smallest absolute Gasteiger partial charge is 0.00966 e. The second-order valence-corrected chi connectivity index (χ2v) is 7.89. The Kier molecular flexibility index (Phi) is 3.90. The Balaban J connectivity index is 1.55. The minimum absolute atomic E-state index is 0.258. The van der Waals surface area contributed by atoms with Gasteiger partial charge in [0.25, 0.3) is 0 Å². The van der Waals surface area contributed by atoms with E-state index < -0.39 is 0 Å². The van der Waals surface area contributed by atoms with Gasteiger partial charge in [-0.05, 0) is 94.4 Å². The van der Waals surface area contributed by atoms with Crippen molar-refractivity contribution in [3.8, 4) is 0 Å². The number of aryl methyl sites for hydroxylation is 2. The van der Waals surface area contributed by atoms with Crippen LogP contribution in [-0.4, -0.2) is 12.1 Å².